The van der Waals surface area contributed by atoms with Crippen molar-refractivity contribution in [1.29, 1.82) is 0 Å². The third-order valence-electron chi connectivity index (χ3n) is 2.90. The first kappa shape index (κ1) is 8.83. The molecule has 68 valence electrons. The minimum absolute atomic E-state index is 0.213. The van der Waals surface area contributed by atoms with Crippen LogP contribution in [0.4, 0.5) is 0 Å². The van der Waals surface area contributed by atoms with Crippen molar-refractivity contribution in [2.24, 2.45) is 0 Å². The third-order valence-corrected chi connectivity index (χ3v) is 2.90. The summed E-state index contributed by atoms with van der Waals surface area (Å²) in [5.74, 6) is 0. The molecule has 0 aromatic heterocycles. The van der Waals surface area contributed by atoms with Crippen LogP contribution in [0.2, 0.25) is 6.82 Å². The van der Waals surface area contributed by atoms with Crippen molar-refractivity contribution in [2.45, 2.75) is 32.2 Å². The Morgan fingerprint density at radius 2 is 2.31 bits per heavy atom. The van der Waals surface area contributed by atoms with E-state index in [1.807, 2.05) is 0 Å². The summed E-state index contributed by atoms with van der Waals surface area (Å²) >= 11 is 0. The van der Waals surface area contributed by atoms with Gasteiger partial charge in [-0.25, -0.2) is 0 Å². The summed E-state index contributed by atoms with van der Waals surface area (Å²) in [6, 6.07) is 6.52. The van der Waals surface area contributed by atoms with Gasteiger partial charge in [0, 0.05) is 0 Å². The van der Waals surface area contributed by atoms with Crippen molar-refractivity contribution in [3.05, 3.63) is 29.3 Å². The Balaban J connectivity index is 2.41. The standard InChI is InChI=1S/C11H15BO/c1-12-9-6-5-8-3-2-4-11(13)10(8)7-9/h5-7,11-13H,2-4H2,1H3/t11-/m1/s1. The van der Waals surface area contributed by atoms with E-state index in [4.69, 9.17) is 0 Å². The van der Waals surface area contributed by atoms with Crippen LogP contribution < -0.4 is 5.46 Å². The molecule has 1 N–H and O–H groups in total. The SMILES string of the molecule is CBc1ccc2c(c1)[C@H](O)CCC2. The minimum atomic E-state index is -0.213. The average Bonchev–Trinajstić information content (AvgIpc) is 2.18. The van der Waals surface area contributed by atoms with Gasteiger partial charge in [-0.15, -0.1) is 0 Å². The van der Waals surface area contributed by atoms with Gasteiger partial charge in [-0.3, -0.25) is 0 Å². The molecule has 2 rings (SSSR count). The molecule has 0 amide bonds. The Hall–Kier alpha value is -0.755. The molecule has 0 radical (unpaired) electrons. The zero-order valence-corrected chi connectivity index (χ0v) is 8.09. The maximum Gasteiger partial charge on any atom is 0.154 e. The molecule has 0 fully saturated rings. The third kappa shape index (κ3) is 1.64. The maximum absolute atomic E-state index is 9.78. The second-order valence-corrected chi connectivity index (χ2v) is 3.79. The van der Waals surface area contributed by atoms with Gasteiger partial charge in [-0.05, 0) is 30.4 Å². The van der Waals surface area contributed by atoms with E-state index >= 15 is 0 Å². The highest BCUT2D eigenvalue weighted by atomic mass is 16.3. The first-order valence-electron chi connectivity index (χ1n) is 5.11. The molecule has 0 unspecified atom stereocenters. The quantitative estimate of drug-likeness (QED) is 0.633. The molecule has 0 saturated heterocycles. The number of rotatable bonds is 1. The van der Waals surface area contributed by atoms with Crippen LogP contribution in [-0.2, 0) is 6.42 Å². The highest BCUT2D eigenvalue weighted by molar-refractivity contribution is 6.51. The van der Waals surface area contributed by atoms with E-state index in [0.29, 0.717) is 0 Å². The lowest BCUT2D eigenvalue weighted by molar-refractivity contribution is 0.156. The minimum Gasteiger partial charge on any atom is -0.388 e. The Labute approximate surface area is 80.0 Å². The molecule has 1 aromatic carbocycles. The highest BCUT2D eigenvalue weighted by Gasteiger charge is 2.17. The van der Waals surface area contributed by atoms with E-state index < -0.39 is 0 Å². The monoisotopic (exact) mass is 174 g/mol. The van der Waals surface area contributed by atoms with E-state index in [-0.39, 0.29) is 6.10 Å². The van der Waals surface area contributed by atoms with Gasteiger partial charge in [0.05, 0.1) is 6.10 Å². The number of hydrogen-bond acceptors (Lipinski definition) is 1. The second kappa shape index (κ2) is 3.55. The van der Waals surface area contributed by atoms with Crippen LogP contribution in [0.25, 0.3) is 0 Å². The van der Waals surface area contributed by atoms with Crippen LogP contribution >= 0.6 is 0 Å². The lowest BCUT2D eigenvalue weighted by atomic mass is 9.71. The van der Waals surface area contributed by atoms with Gasteiger partial charge in [0.2, 0.25) is 0 Å². The van der Waals surface area contributed by atoms with Gasteiger partial charge in [-0.2, -0.15) is 0 Å². The zero-order valence-electron chi connectivity index (χ0n) is 8.09. The van der Waals surface area contributed by atoms with Gasteiger partial charge >= 0.3 is 0 Å². The van der Waals surface area contributed by atoms with E-state index in [1.165, 1.54) is 16.6 Å². The highest BCUT2D eigenvalue weighted by Crippen LogP contribution is 2.28. The number of fused-ring (bicyclic) bond motifs is 1. The first-order chi connectivity index (χ1) is 6.31. The molecule has 0 bridgehead atoms. The number of benzene rings is 1. The van der Waals surface area contributed by atoms with Crippen molar-refractivity contribution in [1.82, 2.24) is 0 Å². The van der Waals surface area contributed by atoms with E-state index in [0.717, 1.165) is 26.5 Å². The summed E-state index contributed by atoms with van der Waals surface area (Å²) in [5.41, 5.74) is 3.85. The van der Waals surface area contributed by atoms with Crippen molar-refractivity contribution in [2.75, 3.05) is 0 Å². The molecular formula is C11H15BO. The van der Waals surface area contributed by atoms with Gasteiger partial charge in [0.25, 0.3) is 0 Å². The number of aliphatic hydroxyl groups excluding tert-OH is 1. The molecule has 0 saturated carbocycles. The van der Waals surface area contributed by atoms with E-state index in [9.17, 15) is 5.11 Å². The zero-order chi connectivity index (χ0) is 9.26. The predicted octanol–water partition coefficient (Wildman–Crippen LogP) is 1.17. The molecule has 13 heavy (non-hydrogen) atoms. The summed E-state index contributed by atoms with van der Waals surface area (Å²) < 4.78 is 0. The fourth-order valence-electron chi connectivity index (χ4n) is 2.04. The largest absolute Gasteiger partial charge is 0.388 e. The van der Waals surface area contributed by atoms with Crippen LogP contribution in [0.5, 0.6) is 0 Å². The van der Waals surface area contributed by atoms with Crippen LogP contribution in [0.1, 0.15) is 30.1 Å². The molecule has 0 heterocycles. The Kier molecular flexibility index (Phi) is 2.41. The molecule has 1 aliphatic rings. The summed E-state index contributed by atoms with van der Waals surface area (Å²) in [6.45, 7) is 2.15. The molecule has 1 atom stereocenters. The molecule has 2 heteroatoms. The predicted molar refractivity (Wildman–Crippen MR) is 57.0 cm³/mol. The molecule has 1 aliphatic carbocycles. The Morgan fingerprint density at radius 3 is 3.08 bits per heavy atom. The summed E-state index contributed by atoms with van der Waals surface area (Å²) in [4.78, 5) is 0. The topological polar surface area (TPSA) is 20.2 Å². The number of hydrogen-bond donors (Lipinski definition) is 1. The average molecular weight is 174 g/mol. The second-order valence-electron chi connectivity index (χ2n) is 3.79. The van der Waals surface area contributed by atoms with Gasteiger partial charge < -0.3 is 5.11 Å². The van der Waals surface area contributed by atoms with Gasteiger partial charge in [-0.1, -0.05) is 30.5 Å². The summed E-state index contributed by atoms with van der Waals surface area (Å²) in [7, 11) is 1.06. The Morgan fingerprint density at radius 1 is 1.46 bits per heavy atom. The number of aliphatic hydroxyl groups is 1. The molecule has 1 nitrogen and oxygen atoms in total. The Bertz CT molecular complexity index is 309. The lowest BCUT2D eigenvalue weighted by Gasteiger charge is -2.21. The van der Waals surface area contributed by atoms with Crippen molar-refractivity contribution < 1.29 is 5.11 Å². The van der Waals surface area contributed by atoms with E-state index in [1.54, 1.807) is 0 Å². The summed E-state index contributed by atoms with van der Waals surface area (Å²) in [6.07, 6.45) is 2.98. The van der Waals surface area contributed by atoms with Crippen molar-refractivity contribution in [3.63, 3.8) is 0 Å². The van der Waals surface area contributed by atoms with E-state index in [2.05, 4.69) is 25.0 Å². The fraction of sp³-hybridized carbons (Fsp3) is 0.455. The van der Waals surface area contributed by atoms with Crippen LogP contribution in [-0.4, -0.2) is 12.4 Å². The number of aryl methyl sites for hydroxylation is 1. The van der Waals surface area contributed by atoms with Crippen LogP contribution in [0.15, 0.2) is 18.2 Å². The maximum atomic E-state index is 9.78. The van der Waals surface area contributed by atoms with Crippen molar-refractivity contribution in [3.8, 4) is 0 Å². The smallest absolute Gasteiger partial charge is 0.154 e. The fourth-order valence-corrected chi connectivity index (χ4v) is 2.04. The molecule has 0 spiro atoms. The van der Waals surface area contributed by atoms with Crippen molar-refractivity contribution >= 4 is 12.7 Å². The first-order valence-corrected chi connectivity index (χ1v) is 5.11. The summed E-state index contributed by atoms with van der Waals surface area (Å²) in [5, 5.41) is 9.78. The molecular weight excluding hydrogens is 159 g/mol. The molecule has 1 aromatic rings. The lowest BCUT2D eigenvalue weighted by Crippen LogP contribution is -2.17. The van der Waals surface area contributed by atoms with Gasteiger partial charge in [0.1, 0.15) is 0 Å². The van der Waals surface area contributed by atoms with Crippen LogP contribution in [0, 0.1) is 0 Å². The normalized spacial score (nSPS) is 20.9. The van der Waals surface area contributed by atoms with Crippen LogP contribution in [0.3, 0.4) is 0 Å². The molecule has 0 aliphatic heterocycles. The van der Waals surface area contributed by atoms with Gasteiger partial charge in [0.15, 0.2) is 7.28 Å².